The smallest absolute Gasteiger partial charge is 0.239 e. The van der Waals surface area contributed by atoms with Gasteiger partial charge in [-0.1, -0.05) is 139 Å². The Hall–Kier alpha value is -6.96. The first-order chi connectivity index (χ1) is 26.8. The summed E-state index contributed by atoms with van der Waals surface area (Å²) in [7, 11) is 0. The summed E-state index contributed by atoms with van der Waals surface area (Å²) in [4.78, 5) is 18.1. The van der Waals surface area contributed by atoms with Crippen molar-refractivity contribution in [3.63, 3.8) is 0 Å². The Balaban J connectivity index is 1.11. The molecule has 4 aromatic heterocycles. The highest BCUT2D eigenvalue weighted by molar-refractivity contribution is 7.99. The van der Waals surface area contributed by atoms with Crippen LogP contribution in [0.15, 0.2) is 178 Å². The monoisotopic (exact) mass is 709 g/mol. The van der Waals surface area contributed by atoms with Crippen molar-refractivity contribution in [3.05, 3.63) is 164 Å². The summed E-state index contributed by atoms with van der Waals surface area (Å²) in [5.41, 5.74) is 10.3. The van der Waals surface area contributed by atoms with E-state index in [0.717, 1.165) is 66.4 Å². The third-order valence-electron chi connectivity index (χ3n) is 10.6. The summed E-state index contributed by atoms with van der Waals surface area (Å²) in [6.45, 7) is 0. The van der Waals surface area contributed by atoms with E-state index in [-0.39, 0.29) is 0 Å². The quantitative estimate of drug-likeness (QED) is 0.182. The molecule has 0 fully saturated rings. The van der Waals surface area contributed by atoms with Gasteiger partial charge >= 0.3 is 0 Å². The molecule has 0 bridgehead atoms. The van der Waals surface area contributed by atoms with E-state index < -0.39 is 0 Å². The molecule has 1 aliphatic rings. The molecule has 0 aliphatic carbocycles. The van der Waals surface area contributed by atoms with E-state index in [9.17, 15) is 0 Å². The van der Waals surface area contributed by atoms with Gasteiger partial charge in [0.1, 0.15) is 16.8 Å². The molecule has 0 N–H and O–H groups in total. The minimum absolute atomic E-state index is 0.570. The Bertz CT molecular complexity index is 3300. The number of hydrogen-bond donors (Lipinski definition) is 0. The van der Waals surface area contributed by atoms with E-state index in [1.807, 2.05) is 48.2 Å². The average molecular weight is 710 g/mol. The lowest BCUT2D eigenvalue weighted by Crippen LogP contribution is -2.10. The molecule has 0 radical (unpaired) electrons. The van der Waals surface area contributed by atoms with Crippen LogP contribution in [-0.4, -0.2) is 24.1 Å². The predicted molar refractivity (Wildman–Crippen MR) is 219 cm³/mol. The van der Waals surface area contributed by atoms with Crippen molar-refractivity contribution >= 4 is 66.5 Å². The Kier molecular flexibility index (Phi) is 6.18. The van der Waals surface area contributed by atoms with E-state index in [1.165, 1.54) is 26.1 Å². The maximum absolute atomic E-state index is 6.21. The van der Waals surface area contributed by atoms with Crippen LogP contribution in [0.2, 0.25) is 0 Å². The molecule has 0 atom stereocenters. The van der Waals surface area contributed by atoms with E-state index in [2.05, 4.69) is 137 Å². The minimum Gasteiger partial charge on any atom is -0.456 e. The third-order valence-corrected chi connectivity index (χ3v) is 11.7. The third kappa shape index (κ3) is 4.21. The summed E-state index contributed by atoms with van der Waals surface area (Å²) < 4.78 is 10.8. The summed E-state index contributed by atoms with van der Waals surface area (Å²) >= 11 is 1.82. The van der Waals surface area contributed by atoms with Crippen LogP contribution in [0, 0.1) is 0 Å². The standard InChI is InChI=1S/C47H27N5OS/c1-2-12-29(13-3-1)44-48-45(30-26-24-28(25-27-30)31-16-10-21-38-41(31)33-15-5-8-20-37(33)53-38)50-47(49-44)52-35-18-6-4-14-32(35)42-34-17-11-23-40-43(34)51(46(42)52)36-19-7-9-22-39(36)54-40/h1-27H. The van der Waals surface area contributed by atoms with Gasteiger partial charge in [-0.15, -0.1) is 0 Å². The van der Waals surface area contributed by atoms with Gasteiger partial charge in [-0.05, 0) is 47.5 Å². The van der Waals surface area contributed by atoms with Crippen molar-refractivity contribution in [3.8, 4) is 45.5 Å². The number of para-hydroxylation sites is 4. The van der Waals surface area contributed by atoms with Gasteiger partial charge in [0.15, 0.2) is 11.6 Å². The average Bonchev–Trinajstić information content (AvgIpc) is 3.90. The zero-order valence-electron chi connectivity index (χ0n) is 28.6. The second-order valence-corrected chi connectivity index (χ2v) is 14.7. The van der Waals surface area contributed by atoms with Crippen LogP contribution in [0.25, 0.3) is 100 Å². The predicted octanol–water partition coefficient (Wildman–Crippen LogP) is 12.3. The molecule has 11 aromatic rings. The Morgan fingerprint density at radius 3 is 1.96 bits per heavy atom. The summed E-state index contributed by atoms with van der Waals surface area (Å²) in [5, 5.41) is 5.79. The lowest BCUT2D eigenvalue weighted by molar-refractivity contribution is 0.669. The minimum atomic E-state index is 0.570. The first-order valence-electron chi connectivity index (χ1n) is 18.0. The first-order valence-corrected chi connectivity index (χ1v) is 18.8. The second kappa shape index (κ2) is 11.3. The van der Waals surface area contributed by atoms with Gasteiger partial charge in [-0.3, -0.25) is 9.13 Å². The Labute approximate surface area is 313 Å². The van der Waals surface area contributed by atoms with Crippen molar-refractivity contribution in [2.75, 3.05) is 0 Å². The van der Waals surface area contributed by atoms with Crippen molar-refractivity contribution in [2.24, 2.45) is 0 Å². The highest BCUT2D eigenvalue weighted by Crippen LogP contribution is 2.49. The molecule has 54 heavy (non-hydrogen) atoms. The van der Waals surface area contributed by atoms with Gasteiger partial charge in [0.05, 0.1) is 16.7 Å². The molecule has 0 saturated carbocycles. The molecule has 5 heterocycles. The molecule has 0 saturated heterocycles. The molecule has 7 aromatic carbocycles. The van der Waals surface area contributed by atoms with E-state index in [1.54, 1.807) is 0 Å². The Morgan fingerprint density at radius 1 is 0.444 bits per heavy atom. The van der Waals surface area contributed by atoms with E-state index >= 15 is 0 Å². The van der Waals surface area contributed by atoms with Crippen LogP contribution in [-0.2, 0) is 0 Å². The molecule has 0 amide bonds. The molecule has 0 unspecified atom stereocenters. The fourth-order valence-electron chi connectivity index (χ4n) is 8.25. The fraction of sp³-hybridized carbons (Fsp3) is 0. The number of benzene rings is 7. The Morgan fingerprint density at radius 2 is 1.09 bits per heavy atom. The number of furan rings is 1. The van der Waals surface area contributed by atoms with Crippen LogP contribution in [0.4, 0.5) is 0 Å². The summed E-state index contributed by atoms with van der Waals surface area (Å²) in [5.74, 6) is 1.79. The zero-order chi connectivity index (χ0) is 35.3. The molecular weight excluding hydrogens is 683 g/mol. The van der Waals surface area contributed by atoms with Crippen LogP contribution >= 0.6 is 11.8 Å². The number of nitrogens with zero attached hydrogens (tertiary/aromatic N) is 5. The molecule has 6 nitrogen and oxygen atoms in total. The topological polar surface area (TPSA) is 61.7 Å². The number of aromatic nitrogens is 5. The summed E-state index contributed by atoms with van der Waals surface area (Å²) in [6, 6.07) is 57.0. The van der Waals surface area contributed by atoms with E-state index in [0.29, 0.717) is 17.6 Å². The number of rotatable bonds is 4. The van der Waals surface area contributed by atoms with Gasteiger partial charge in [0, 0.05) is 47.8 Å². The molecular formula is C47H27N5OS. The molecule has 12 rings (SSSR count). The highest BCUT2D eigenvalue weighted by atomic mass is 32.2. The normalized spacial score (nSPS) is 12.4. The van der Waals surface area contributed by atoms with Crippen molar-refractivity contribution in [2.45, 2.75) is 9.79 Å². The fourth-order valence-corrected chi connectivity index (χ4v) is 9.35. The maximum atomic E-state index is 6.21. The van der Waals surface area contributed by atoms with Gasteiger partial charge in [0.25, 0.3) is 0 Å². The van der Waals surface area contributed by atoms with Gasteiger partial charge in [-0.2, -0.15) is 9.97 Å². The number of hydrogen-bond acceptors (Lipinski definition) is 5. The van der Waals surface area contributed by atoms with Gasteiger partial charge < -0.3 is 4.42 Å². The molecule has 7 heteroatoms. The van der Waals surface area contributed by atoms with Crippen molar-refractivity contribution < 1.29 is 4.42 Å². The van der Waals surface area contributed by atoms with Crippen LogP contribution < -0.4 is 0 Å². The molecule has 0 spiro atoms. The first kappa shape index (κ1) is 29.6. The van der Waals surface area contributed by atoms with Crippen LogP contribution in [0.3, 0.4) is 0 Å². The van der Waals surface area contributed by atoms with E-state index in [4.69, 9.17) is 19.4 Å². The molecule has 1 aliphatic heterocycles. The lowest BCUT2D eigenvalue weighted by atomic mass is 9.98. The van der Waals surface area contributed by atoms with Crippen molar-refractivity contribution in [1.29, 1.82) is 0 Å². The second-order valence-electron chi connectivity index (χ2n) is 13.6. The van der Waals surface area contributed by atoms with Gasteiger partial charge in [0.2, 0.25) is 5.95 Å². The summed E-state index contributed by atoms with van der Waals surface area (Å²) in [6.07, 6.45) is 0. The van der Waals surface area contributed by atoms with Gasteiger partial charge in [-0.25, -0.2) is 4.98 Å². The maximum Gasteiger partial charge on any atom is 0.239 e. The highest BCUT2D eigenvalue weighted by Gasteiger charge is 2.29. The van der Waals surface area contributed by atoms with Crippen LogP contribution in [0.1, 0.15) is 0 Å². The zero-order valence-corrected chi connectivity index (χ0v) is 29.5. The largest absolute Gasteiger partial charge is 0.456 e. The molecule has 252 valence electrons. The van der Waals surface area contributed by atoms with Crippen LogP contribution in [0.5, 0.6) is 0 Å². The number of fused-ring (bicyclic) bond motifs is 10. The lowest BCUT2D eigenvalue weighted by Gasteiger charge is -2.20. The SMILES string of the molecule is c1ccc(-c2nc(-c3ccc(-c4cccc5oc6ccccc6c45)cc3)nc(-n3c4ccccc4c4c5cccc6c5n(c43)-c3ccccc3S6)n2)cc1. The van der Waals surface area contributed by atoms with Crippen molar-refractivity contribution in [1.82, 2.24) is 24.1 Å².